The number of nitrogens with one attached hydrogen (secondary N) is 1. The highest BCUT2D eigenvalue weighted by Crippen LogP contribution is 2.22. The quantitative estimate of drug-likeness (QED) is 0.827. The molecule has 1 fully saturated rings. The molecule has 1 heterocycles. The van der Waals surface area contributed by atoms with Crippen LogP contribution in [0.4, 0.5) is 0 Å². The maximum atomic E-state index is 12.3. The van der Waals surface area contributed by atoms with Crippen LogP contribution in [0.2, 0.25) is 0 Å². The summed E-state index contributed by atoms with van der Waals surface area (Å²) in [6.07, 6.45) is 0. The molecule has 116 valence electrons. The van der Waals surface area contributed by atoms with E-state index in [0.717, 1.165) is 13.1 Å². The Morgan fingerprint density at radius 3 is 2.40 bits per heavy atom. The first kappa shape index (κ1) is 17.3. The van der Waals surface area contributed by atoms with Crippen LogP contribution in [0, 0.1) is 0 Å². The largest absolute Gasteiger partial charge is 0.350 e. The van der Waals surface area contributed by atoms with Crippen molar-refractivity contribution in [2.75, 3.05) is 31.3 Å². The van der Waals surface area contributed by atoms with Crippen molar-refractivity contribution in [2.24, 2.45) is 0 Å². The van der Waals surface area contributed by atoms with E-state index < -0.39 is 0 Å². The third-order valence-corrected chi connectivity index (χ3v) is 4.27. The predicted octanol–water partition coefficient (Wildman–Crippen LogP) is 1.14. The predicted molar refractivity (Wildman–Crippen MR) is 83.6 cm³/mol. The zero-order valence-corrected chi connectivity index (χ0v) is 14.0. The molecule has 20 heavy (non-hydrogen) atoms. The SMILES string of the molecule is CCN(CC)CC(=O)N1CSC[C@H]1C(=O)NC(C)(C)C. The minimum atomic E-state index is -0.331. The van der Waals surface area contributed by atoms with Crippen molar-refractivity contribution in [3.8, 4) is 0 Å². The van der Waals surface area contributed by atoms with Crippen molar-refractivity contribution >= 4 is 23.6 Å². The first-order valence-electron chi connectivity index (χ1n) is 7.20. The van der Waals surface area contributed by atoms with E-state index in [-0.39, 0.29) is 23.4 Å². The van der Waals surface area contributed by atoms with E-state index in [4.69, 9.17) is 0 Å². The van der Waals surface area contributed by atoms with E-state index in [9.17, 15) is 9.59 Å². The minimum Gasteiger partial charge on any atom is -0.350 e. The highest BCUT2D eigenvalue weighted by molar-refractivity contribution is 7.99. The van der Waals surface area contributed by atoms with Crippen molar-refractivity contribution in [3.63, 3.8) is 0 Å². The van der Waals surface area contributed by atoms with Gasteiger partial charge in [0.25, 0.3) is 0 Å². The molecule has 2 amide bonds. The molecule has 0 unspecified atom stereocenters. The third-order valence-electron chi connectivity index (χ3n) is 3.26. The summed E-state index contributed by atoms with van der Waals surface area (Å²) in [4.78, 5) is 28.4. The van der Waals surface area contributed by atoms with E-state index >= 15 is 0 Å². The molecule has 5 nitrogen and oxygen atoms in total. The third kappa shape index (κ3) is 4.98. The van der Waals surface area contributed by atoms with Crippen LogP contribution in [-0.2, 0) is 9.59 Å². The number of amides is 2. The molecule has 0 aliphatic carbocycles. The van der Waals surface area contributed by atoms with E-state index in [2.05, 4.69) is 10.2 Å². The van der Waals surface area contributed by atoms with Gasteiger partial charge in [-0.1, -0.05) is 13.8 Å². The second-order valence-electron chi connectivity index (χ2n) is 6.08. The molecular formula is C14H27N3O2S. The van der Waals surface area contributed by atoms with Gasteiger partial charge >= 0.3 is 0 Å². The maximum Gasteiger partial charge on any atom is 0.244 e. The normalized spacial score (nSPS) is 19.5. The number of nitrogens with zero attached hydrogens (tertiary/aromatic N) is 2. The van der Waals surface area contributed by atoms with Crippen LogP contribution in [0.5, 0.6) is 0 Å². The zero-order chi connectivity index (χ0) is 15.3. The molecule has 1 aliphatic rings. The average Bonchev–Trinajstić information content (AvgIpc) is 2.82. The Morgan fingerprint density at radius 2 is 1.90 bits per heavy atom. The second kappa shape index (κ2) is 7.31. The van der Waals surface area contributed by atoms with E-state index in [1.54, 1.807) is 16.7 Å². The number of carbonyl (C=O) groups is 2. The van der Waals surface area contributed by atoms with Crippen molar-refractivity contribution in [3.05, 3.63) is 0 Å². The molecule has 0 spiro atoms. The summed E-state index contributed by atoms with van der Waals surface area (Å²) in [5.41, 5.74) is -0.266. The lowest BCUT2D eigenvalue weighted by Gasteiger charge is -2.29. The van der Waals surface area contributed by atoms with Gasteiger partial charge < -0.3 is 10.2 Å². The topological polar surface area (TPSA) is 52.7 Å². The van der Waals surface area contributed by atoms with Gasteiger partial charge in [-0.3, -0.25) is 14.5 Å². The molecule has 0 radical (unpaired) electrons. The highest BCUT2D eigenvalue weighted by Gasteiger charge is 2.35. The molecule has 0 aromatic carbocycles. The number of likely N-dealkylation sites (N-methyl/N-ethyl adjacent to an activating group) is 1. The monoisotopic (exact) mass is 301 g/mol. The average molecular weight is 301 g/mol. The molecule has 0 aromatic rings. The van der Waals surface area contributed by atoms with Crippen LogP contribution in [0.15, 0.2) is 0 Å². The van der Waals surface area contributed by atoms with Gasteiger partial charge in [0.1, 0.15) is 6.04 Å². The summed E-state index contributed by atoms with van der Waals surface area (Å²) in [5.74, 6) is 1.30. The Bertz CT molecular complexity index is 351. The zero-order valence-electron chi connectivity index (χ0n) is 13.2. The lowest BCUT2D eigenvalue weighted by atomic mass is 10.1. The molecule has 1 N–H and O–H groups in total. The van der Waals surface area contributed by atoms with Gasteiger partial charge in [-0.15, -0.1) is 11.8 Å². The van der Waals surface area contributed by atoms with Crippen LogP contribution < -0.4 is 5.32 Å². The number of hydrogen-bond acceptors (Lipinski definition) is 4. The standard InChI is InChI=1S/C14H27N3O2S/c1-6-16(7-2)8-12(18)17-10-20-9-11(17)13(19)15-14(3,4)5/h11H,6-10H2,1-5H3,(H,15,19)/t11-/m0/s1. The molecule has 0 saturated carbocycles. The Morgan fingerprint density at radius 1 is 1.30 bits per heavy atom. The molecule has 1 atom stereocenters. The fourth-order valence-electron chi connectivity index (χ4n) is 2.09. The van der Waals surface area contributed by atoms with Gasteiger partial charge in [-0.25, -0.2) is 0 Å². The molecular weight excluding hydrogens is 274 g/mol. The van der Waals surface area contributed by atoms with Crippen molar-refractivity contribution < 1.29 is 9.59 Å². The van der Waals surface area contributed by atoms with Gasteiger partial charge in [0.2, 0.25) is 11.8 Å². The molecule has 6 heteroatoms. The number of hydrogen-bond donors (Lipinski definition) is 1. The van der Waals surface area contributed by atoms with E-state index in [0.29, 0.717) is 18.2 Å². The Hall–Kier alpha value is -0.750. The smallest absolute Gasteiger partial charge is 0.244 e. The Labute approximate surface area is 126 Å². The molecule has 0 bridgehead atoms. The van der Waals surface area contributed by atoms with Crippen molar-refractivity contribution in [1.82, 2.24) is 15.1 Å². The van der Waals surface area contributed by atoms with Gasteiger partial charge in [-0.05, 0) is 33.9 Å². The van der Waals surface area contributed by atoms with Crippen LogP contribution in [0.3, 0.4) is 0 Å². The Kier molecular flexibility index (Phi) is 6.33. The summed E-state index contributed by atoms with van der Waals surface area (Å²) < 4.78 is 0. The van der Waals surface area contributed by atoms with Crippen LogP contribution in [-0.4, -0.2) is 64.5 Å². The van der Waals surface area contributed by atoms with Crippen LogP contribution in [0.1, 0.15) is 34.6 Å². The second-order valence-corrected chi connectivity index (χ2v) is 7.08. The number of carbonyl (C=O) groups excluding carboxylic acids is 2. The van der Waals surface area contributed by atoms with E-state index in [1.807, 2.05) is 34.6 Å². The maximum absolute atomic E-state index is 12.3. The Balaban J connectivity index is 2.64. The van der Waals surface area contributed by atoms with Gasteiger partial charge in [0, 0.05) is 11.3 Å². The lowest BCUT2D eigenvalue weighted by Crippen LogP contribution is -2.53. The summed E-state index contributed by atoms with van der Waals surface area (Å²) >= 11 is 1.64. The van der Waals surface area contributed by atoms with Crippen LogP contribution in [0.25, 0.3) is 0 Å². The van der Waals surface area contributed by atoms with Crippen molar-refractivity contribution in [2.45, 2.75) is 46.2 Å². The van der Waals surface area contributed by atoms with Gasteiger partial charge in [0.05, 0.1) is 12.4 Å². The fraction of sp³-hybridized carbons (Fsp3) is 0.857. The number of rotatable bonds is 5. The van der Waals surface area contributed by atoms with Gasteiger partial charge in [0.15, 0.2) is 0 Å². The molecule has 0 aromatic heterocycles. The first-order valence-corrected chi connectivity index (χ1v) is 8.35. The van der Waals surface area contributed by atoms with E-state index in [1.165, 1.54) is 0 Å². The number of thioether (sulfide) groups is 1. The molecule has 1 rings (SSSR count). The van der Waals surface area contributed by atoms with Gasteiger partial charge in [-0.2, -0.15) is 0 Å². The minimum absolute atomic E-state index is 0.0459. The fourth-order valence-corrected chi connectivity index (χ4v) is 3.27. The lowest BCUT2D eigenvalue weighted by molar-refractivity contribution is -0.139. The summed E-state index contributed by atoms with van der Waals surface area (Å²) in [6, 6.07) is -0.331. The van der Waals surface area contributed by atoms with Crippen molar-refractivity contribution in [1.29, 1.82) is 0 Å². The summed E-state index contributed by atoms with van der Waals surface area (Å²) in [6.45, 7) is 12.0. The molecule has 1 aliphatic heterocycles. The first-order chi connectivity index (χ1) is 9.28. The summed E-state index contributed by atoms with van der Waals surface area (Å²) in [5, 5.41) is 2.97. The highest BCUT2D eigenvalue weighted by atomic mass is 32.2. The van der Waals surface area contributed by atoms with Crippen LogP contribution >= 0.6 is 11.8 Å². The molecule has 1 saturated heterocycles. The summed E-state index contributed by atoms with van der Waals surface area (Å²) in [7, 11) is 0.